The molecule has 3 nitrogen and oxygen atoms in total. The summed E-state index contributed by atoms with van der Waals surface area (Å²) in [5.41, 5.74) is 7.19. The Kier molecular flexibility index (Phi) is 3.84. The zero-order valence-electron chi connectivity index (χ0n) is 10.3. The summed E-state index contributed by atoms with van der Waals surface area (Å²) in [6.45, 7) is 0.693. The first-order valence-corrected chi connectivity index (χ1v) is 7.07. The molecule has 1 saturated carbocycles. The lowest BCUT2D eigenvalue weighted by atomic mass is 9.94. The number of carbonyl (C=O) groups is 1. The van der Waals surface area contributed by atoms with Crippen molar-refractivity contribution in [2.75, 3.05) is 7.05 Å². The molecule has 1 aliphatic carbocycles. The third-order valence-corrected chi connectivity index (χ3v) is 4.26. The standard InChI is InChI=1S/C13H20N2OS/c1-15(9-11-4-7-17-10-11)12(16)8-13(14)5-2-3-6-13/h4,7,10H,2-3,5-6,8-9,14H2,1H3. The van der Waals surface area contributed by atoms with Crippen molar-refractivity contribution in [2.24, 2.45) is 5.73 Å². The molecule has 1 aromatic rings. The largest absolute Gasteiger partial charge is 0.341 e. The predicted octanol–water partition coefficient (Wildman–Crippen LogP) is 2.37. The van der Waals surface area contributed by atoms with E-state index in [0.29, 0.717) is 13.0 Å². The molecule has 0 spiro atoms. The van der Waals surface area contributed by atoms with Gasteiger partial charge in [-0.15, -0.1) is 0 Å². The zero-order valence-corrected chi connectivity index (χ0v) is 11.1. The minimum atomic E-state index is -0.236. The van der Waals surface area contributed by atoms with Crippen molar-refractivity contribution < 1.29 is 4.79 Å². The van der Waals surface area contributed by atoms with Crippen LogP contribution in [-0.4, -0.2) is 23.4 Å². The van der Waals surface area contributed by atoms with Gasteiger partial charge in [0.15, 0.2) is 0 Å². The lowest BCUT2D eigenvalue weighted by Gasteiger charge is -2.26. The van der Waals surface area contributed by atoms with E-state index in [9.17, 15) is 4.79 Å². The molecule has 4 heteroatoms. The predicted molar refractivity (Wildman–Crippen MR) is 70.8 cm³/mol. The van der Waals surface area contributed by atoms with Gasteiger partial charge in [0.2, 0.25) is 5.91 Å². The number of hydrogen-bond acceptors (Lipinski definition) is 3. The van der Waals surface area contributed by atoms with E-state index < -0.39 is 0 Å². The van der Waals surface area contributed by atoms with Crippen molar-refractivity contribution in [3.8, 4) is 0 Å². The molecular formula is C13H20N2OS. The summed E-state index contributed by atoms with van der Waals surface area (Å²) in [6, 6.07) is 2.06. The van der Waals surface area contributed by atoms with Crippen LogP contribution in [0.4, 0.5) is 0 Å². The maximum Gasteiger partial charge on any atom is 0.224 e. The topological polar surface area (TPSA) is 46.3 Å². The highest BCUT2D eigenvalue weighted by Crippen LogP contribution is 2.30. The molecule has 17 heavy (non-hydrogen) atoms. The van der Waals surface area contributed by atoms with Gasteiger partial charge in [0.05, 0.1) is 0 Å². The Bertz CT molecular complexity index is 369. The van der Waals surface area contributed by atoms with Crippen LogP contribution < -0.4 is 5.73 Å². The van der Waals surface area contributed by atoms with Gasteiger partial charge >= 0.3 is 0 Å². The van der Waals surface area contributed by atoms with E-state index in [-0.39, 0.29) is 11.4 Å². The quantitative estimate of drug-likeness (QED) is 0.894. The Morgan fingerprint density at radius 3 is 2.82 bits per heavy atom. The van der Waals surface area contributed by atoms with Crippen molar-refractivity contribution in [1.82, 2.24) is 4.90 Å². The van der Waals surface area contributed by atoms with E-state index in [4.69, 9.17) is 5.73 Å². The van der Waals surface area contributed by atoms with Crippen LogP contribution >= 0.6 is 11.3 Å². The number of nitrogens with two attached hydrogens (primary N) is 1. The Morgan fingerprint density at radius 2 is 2.24 bits per heavy atom. The lowest BCUT2D eigenvalue weighted by molar-refractivity contribution is -0.131. The van der Waals surface area contributed by atoms with E-state index in [1.54, 1.807) is 16.2 Å². The average molecular weight is 252 g/mol. The van der Waals surface area contributed by atoms with Gasteiger partial charge in [0, 0.05) is 25.6 Å². The summed E-state index contributed by atoms with van der Waals surface area (Å²) in [6.07, 6.45) is 4.81. The molecule has 0 bridgehead atoms. The molecule has 0 saturated heterocycles. The van der Waals surface area contributed by atoms with Crippen molar-refractivity contribution in [2.45, 2.75) is 44.2 Å². The first-order chi connectivity index (χ1) is 8.09. The Morgan fingerprint density at radius 1 is 1.53 bits per heavy atom. The van der Waals surface area contributed by atoms with E-state index in [1.807, 2.05) is 12.4 Å². The molecule has 1 heterocycles. The summed E-state index contributed by atoms with van der Waals surface area (Å²) >= 11 is 1.66. The number of amides is 1. The highest BCUT2D eigenvalue weighted by molar-refractivity contribution is 7.07. The van der Waals surface area contributed by atoms with Gasteiger partial charge in [-0.05, 0) is 35.2 Å². The Balaban J connectivity index is 1.87. The lowest BCUT2D eigenvalue weighted by Crippen LogP contribution is -2.42. The maximum absolute atomic E-state index is 12.1. The molecule has 0 aromatic carbocycles. The summed E-state index contributed by atoms with van der Waals surface area (Å²) in [5.74, 6) is 0.167. The summed E-state index contributed by atoms with van der Waals surface area (Å²) in [5, 5.41) is 4.12. The molecule has 2 rings (SSSR count). The third kappa shape index (κ3) is 3.30. The first-order valence-electron chi connectivity index (χ1n) is 6.13. The number of carbonyl (C=O) groups excluding carboxylic acids is 1. The fraction of sp³-hybridized carbons (Fsp3) is 0.615. The molecule has 94 valence electrons. The van der Waals surface area contributed by atoms with Crippen LogP contribution in [0.5, 0.6) is 0 Å². The van der Waals surface area contributed by atoms with Crippen molar-refractivity contribution >= 4 is 17.2 Å². The van der Waals surface area contributed by atoms with E-state index in [1.165, 1.54) is 5.56 Å². The second-order valence-electron chi connectivity index (χ2n) is 5.13. The van der Waals surface area contributed by atoms with Crippen LogP contribution in [0.3, 0.4) is 0 Å². The van der Waals surface area contributed by atoms with Crippen LogP contribution in [0, 0.1) is 0 Å². The number of nitrogens with zero attached hydrogens (tertiary/aromatic N) is 1. The van der Waals surface area contributed by atoms with Crippen LogP contribution in [0.25, 0.3) is 0 Å². The fourth-order valence-electron chi connectivity index (χ4n) is 2.44. The molecule has 1 fully saturated rings. The summed E-state index contributed by atoms with van der Waals surface area (Å²) in [7, 11) is 1.86. The maximum atomic E-state index is 12.1. The smallest absolute Gasteiger partial charge is 0.224 e. The fourth-order valence-corrected chi connectivity index (χ4v) is 3.10. The SMILES string of the molecule is CN(Cc1ccsc1)C(=O)CC1(N)CCCC1. The summed E-state index contributed by atoms with van der Waals surface area (Å²) in [4.78, 5) is 13.9. The second kappa shape index (κ2) is 5.19. The third-order valence-electron chi connectivity index (χ3n) is 3.53. The zero-order chi connectivity index (χ0) is 12.3. The number of hydrogen-bond donors (Lipinski definition) is 1. The van der Waals surface area contributed by atoms with Gasteiger partial charge in [-0.25, -0.2) is 0 Å². The highest BCUT2D eigenvalue weighted by atomic mass is 32.1. The normalized spacial score (nSPS) is 18.2. The monoisotopic (exact) mass is 252 g/mol. The highest BCUT2D eigenvalue weighted by Gasteiger charge is 2.32. The van der Waals surface area contributed by atoms with Gasteiger partial charge in [0.25, 0.3) is 0 Å². The van der Waals surface area contributed by atoms with Gasteiger partial charge < -0.3 is 10.6 Å². The molecule has 0 atom stereocenters. The Hall–Kier alpha value is -0.870. The van der Waals surface area contributed by atoms with E-state index in [2.05, 4.69) is 11.4 Å². The van der Waals surface area contributed by atoms with Gasteiger partial charge in [-0.1, -0.05) is 12.8 Å². The Labute approximate surface area is 107 Å². The molecule has 0 aliphatic heterocycles. The molecular weight excluding hydrogens is 232 g/mol. The van der Waals surface area contributed by atoms with Gasteiger partial charge in [0.1, 0.15) is 0 Å². The van der Waals surface area contributed by atoms with Crippen molar-refractivity contribution in [1.29, 1.82) is 0 Å². The van der Waals surface area contributed by atoms with Crippen molar-refractivity contribution in [3.63, 3.8) is 0 Å². The summed E-state index contributed by atoms with van der Waals surface area (Å²) < 4.78 is 0. The molecule has 0 radical (unpaired) electrons. The number of rotatable bonds is 4. The van der Waals surface area contributed by atoms with Gasteiger partial charge in [-0.3, -0.25) is 4.79 Å². The van der Waals surface area contributed by atoms with Crippen LogP contribution in [0.1, 0.15) is 37.7 Å². The van der Waals surface area contributed by atoms with E-state index >= 15 is 0 Å². The minimum absolute atomic E-state index is 0.167. The second-order valence-corrected chi connectivity index (χ2v) is 5.91. The van der Waals surface area contributed by atoms with Gasteiger partial charge in [-0.2, -0.15) is 11.3 Å². The van der Waals surface area contributed by atoms with Crippen molar-refractivity contribution in [3.05, 3.63) is 22.4 Å². The number of thiophene rings is 1. The van der Waals surface area contributed by atoms with Crippen LogP contribution in [0.15, 0.2) is 16.8 Å². The van der Waals surface area contributed by atoms with Crippen LogP contribution in [-0.2, 0) is 11.3 Å². The molecule has 0 unspecified atom stereocenters. The average Bonchev–Trinajstić information content (AvgIpc) is 2.90. The molecule has 1 aliphatic rings. The minimum Gasteiger partial charge on any atom is -0.341 e. The van der Waals surface area contributed by atoms with E-state index in [0.717, 1.165) is 25.7 Å². The molecule has 2 N–H and O–H groups in total. The molecule has 1 amide bonds. The molecule has 1 aromatic heterocycles. The first kappa shape index (κ1) is 12.6. The van der Waals surface area contributed by atoms with Crippen LogP contribution in [0.2, 0.25) is 0 Å².